The highest BCUT2D eigenvalue weighted by Crippen LogP contribution is 2.13. The van der Waals surface area contributed by atoms with E-state index in [1.807, 2.05) is 32.8 Å². The Hall–Kier alpha value is -0.860. The molecule has 0 fully saturated rings. The third-order valence-electron chi connectivity index (χ3n) is 1.66. The minimum absolute atomic E-state index is 0.646. The molecule has 0 radical (unpaired) electrons. The number of ether oxygens (including phenoxy) is 2. The van der Waals surface area contributed by atoms with Gasteiger partial charge >= 0.3 is 0 Å². The van der Waals surface area contributed by atoms with Crippen LogP contribution in [0.4, 0.5) is 0 Å². The quantitative estimate of drug-likeness (QED) is 0.595. The van der Waals surface area contributed by atoms with Crippen LogP contribution in [0, 0.1) is 0 Å². The number of nitrogens with zero attached hydrogens (tertiary/aromatic N) is 1. The summed E-state index contributed by atoms with van der Waals surface area (Å²) in [5.41, 5.74) is 1.10. The standard InChI is InChI=1S/C10H21NO2/c1-6-9(11(4)5)10(12-7-2)13-8-3/h6-8H2,1-5H3. The maximum Gasteiger partial charge on any atom is 0.299 e. The van der Waals surface area contributed by atoms with E-state index in [0.717, 1.165) is 12.1 Å². The van der Waals surface area contributed by atoms with Crippen LogP contribution in [-0.2, 0) is 9.47 Å². The molecule has 78 valence electrons. The fourth-order valence-electron chi connectivity index (χ4n) is 1.11. The molecule has 0 saturated carbocycles. The van der Waals surface area contributed by atoms with Gasteiger partial charge in [0, 0.05) is 14.1 Å². The van der Waals surface area contributed by atoms with E-state index in [-0.39, 0.29) is 0 Å². The van der Waals surface area contributed by atoms with Crippen molar-refractivity contribution in [3.8, 4) is 0 Å². The second-order valence-electron chi connectivity index (χ2n) is 2.85. The monoisotopic (exact) mass is 187 g/mol. The maximum absolute atomic E-state index is 5.41. The molecule has 0 aromatic rings. The molecule has 13 heavy (non-hydrogen) atoms. The molecule has 3 heteroatoms. The molecular formula is C10H21NO2. The Morgan fingerprint density at radius 1 is 1.00 bits per heavy atom. The average Bonchev–Trinajstić information content (AvgIpc) is 2.05. The smallest absolute Gasteiger partial charge is 0.299 e. The number of allylic oxidation sites excluding steroid dienone is 1. The Labute approximate surface area is 81.3 Å². The maximum atomic E-state index is 5.41. The highest BCUT2D eigenvalue weighted by atomic mass is 16.7. The molecule has 0 aliphatic carbocycles. The van der Waals surface area contributed by atoms with Gasteiger partial charge < -0.3 is 14.4 Å². The minimum Gasteiger partial charge on any atom is -0.464 e. The Balaban J connectivity index is 4.55. The topological polar surface area (TPSA) is 21.7 Å². The first kappa shape index (κ1) is 12.1. The molecule has 0 unspecified atom stereocenters. The normalized spacial score (nSPS) is 9.31. The lowest BCUT2D eigenvalue weighted by atomic mass is 10.3. The van der Waals surface area contributed by atoms with Crippen LogP contribution in [0.3, 0.4) is 0 Å². The highest BCUT2D eigenvalue weighted by molar-refractivity contribution is 5.00. The van der Waals surface area contributed by atoms with E-state index >= 15 is 0 Å². The Kier molecular flexibility index (Phi) is 6.20. The summed E-state index contributed by atoms with van der Waals surface area (Å²) in [6, 6.07) is 0. The lowest BCUT2D eigenvalue weighted by Crippen LogP contribution is -2.16. The summed E-state index contributed by atoms with van der Waals surface area (Å²) in [7, 11) is 3.99. The van der Waals surface area contributed by atoms with Crippen LogP contribution in [0.2, 0.25) is 0 Å². The summed E-state index contributed by atoms with van der Waals surface area (Å²) >= 11 is 0. The molecule has 3 nitrogen and oxygen atoms in total. The highest BCUT2D eigenvalue weighted by Gasteiger charge is 2.09. The predicted molar refractivity (Wildman–Crippen MR) is 54.3 cm³/mol. The SMILES string of the molecule is CCOC(OCC)=C(CC)N(C)C. The van der Waals surface area contributed by atoms with Crippen molar-refractivity contribution in [1.29, 1.82) is 0 Å². The molecule has 0 spiro atoms. The molecule has 0 aliphatic rings. The van der Waals surface area contributed by atoms with Gasteiger partial charge in [-0.05, 0) is 20.3 Å². The van der Waals surface area contributed by atoms with Crippen LogP contribution in [0.1, 0.15) is 27.2 Å². The fourth-order valence-corrected chi connectivity index (χ4v) is 1.11. The van der Waals surface area contributed by atoms with Crippen LogP contribution in [0.15, 0.2) is 11.6 Å². The fraction of sp³-hybridized carbons (Fsp3) is 0.800. The first-order valence-corrected chi connectivity index (χ1v) is 4.83. The van der Waals surface area contributed by atoms with Crippen LogP contribution in [0.25, 0.3) is 0 Å². The summed E-state index contributed by atoms with van der Waals surface area (Å²) in [6.07, 6.45) is 0.919. The van der Waals surface area contributed by atoms with Crippen LogP contribution in [0.5, 0.6) is 0 Å². The van der Waals surface area contributed by atoms with Gasteiger partial charge in [0.05, 0.1) is 18.9 Å². The van der Waals surface area contributed by atoms with Gasteiger partial charge in [-0.1, -0.05) is 6.92 Å². The van der Waals surface area contributed by atoms with E-state index in [0.29, 0.717) is 19.2 Å². The van der Waals surface area contributed by atoms with E-state index < -0.39 is 0 Å². The first-order valence-electron chi connectivity index (χ1n) is 4.83. The van der Waals surface area contributed by atoms with E-state index in [2.05, 4.69) is 6.92 Å². The van der Waals surface area contributed by atoms with Crippen LogP contribution in [-0.4, -0.2) is 32.2 Å². The van der Waals surface area contributed by atoms with E-state index in [1.165, 1.54) is 0 Å². The Morgan fingerprint density at radius 2 is 1.46 bits per heavy atom. The van der Waals surface area contributed by atoms with Gasteiger partial charge in [-0.2, -0.15) is 0 Å². The predicted octanol–water partition coefficient (Wildman–Crippen LogP) is 2.20. The van der Waals surface area contributed by atoms with Gasteiger partial charge in [-0.15, -0.1) is 0 Å². The zero-order valence-corrected chi connectivity index (χ0v) is 9.39. The van der Waals surface area contributed by atoms with Crippen LogP contribution < -0.4 is 0 Å². The molecule has 0 aliphatic heterocycles. The molecule has 0 rings (SSSR count). The third kappa shape index (κ3) is 4.06. The van der Waals surface area contributed by atoms with Crippen molar-refractivity contribution >= 4 is 0 Å². The first-order chi connectivity index (χ1) is 6.17. The molecule has 0 saturated heterocycles. The molecule has 0 N–H and O–H groups in total. The Bertz CT molecular complexity index is 156. The zero-order valence-electron chi connectivity index (χ0n) is 9.39. The summed E-state index contributed by atoms with van der Waals surface area (Å²) in [4.78, 5) is 2.03. The summed E-state index contributed by atoms with van der Waals surface area (Å²) in [5.74, 6) is 0.664. The van der Waals surface area contributed by atoms with Crippen molar-refractivity contribution in [2.45, 2.75) is 27.2 Å². The summed E-state index contributed by atoms with van der Waals surface area (Å²) < 4.78 is 10.8. The third-order valence-corrected chi connectivity index (χ3v) is 1.66. The van der Waals surface area contributed by atoms with E-state index in [1.54, 1.807) is 0 Å². The van der Waals surface area contributed by atoms with Gasteiger partial charge in [0.15, 0.2) is 0 Å². The van der Waals surface area contributed by atoms with E-state index in [9.17, 15) is 0 Å². The molecular weight excluding hydrogens is 166 g/mol. The zero-order chi connectivity index (χ0) is 10.3. The van der Waals surface area contributed by atoms with Gasteiger partial charge in [0.25, 0.3) is 5.95 Å². The number of rotatable bonds is 6. The molecule has 0 bridgehead atoms. The molecule has 0 aromatic heterocycles. The summed E-state index contributed by atoms with van der Waals surface area (Å²) in [6.45, 7) is 7.30. The summed E-state index contributed by atoms with van der Waals surface area (Å²) in [5, 5.41) is 0. The lowest BCUT2D eigenvalue weighted by Gasteiger charge is -2.20. The van der Waals surface area contributed by atoms with Gasteiger partial charge in [-0.25, -0.2) is 0 Å². The van der Waals surface area contributed by atoms with Crippen molar-refractivity contribution in [2.24, 2.45) is 0 Å². The lowest BCUT2D eigenvalue weighted by molar-refractivity contribution is 0.0356. The van der Waals surface area contributed by atoms with Crippen LogP contribution >= 0.6 is 0 Å². The average molecular weight is 187 g/mol. The largest absolute Gasteiger partial charge is 0.464 e. The number of hydrogen-bond acceptors (Lipinski definition) is 3. The molecule has 0 aromatic carbocycles. The minimum atomic E-state index is 0.646. The van der Waals surface area contributed by atoms with Crippen molar-refractivity contribution in [3.05, 3.63) is 11.6 Å². The van der Waals surface area contributed by atoms with Crippen molar-refractivity contribution in [2.75, 3.05) is 27.3 Å². The van der Waals surface area contributed by atoms with Crippen molar-refractivity contribution in [1.82, 2.24) is 4.90 Å². The second kappa shape index (κ2) is 6.63. The van der Waals surface area contributed by atoms with Crippen molar-refractivity contribution in [3.63, 3.8) is 0 Å². The van der Waals surface area contributed by atoms with Crippen molar-refractivity contribution < 1.29 is 9.47 Å². The second-order valence-corrected chi connectivity index (χ2v) is 2.85. The molecule has 0 atom stereocenters. The molecule has 0 amide bonds. The molecule has 0 heterocycles. The van der Waals surface area contributed by atoms with Gasteiger partial charge in [0.2, 0.25) is 0 Å². The van der Waals surface area contributed by atoms with Gasteiger partial charge in [-0.3, -0.25) is 0 Å². The Morgan fingerprint density at radius 3 is 1.69 bits per heavy atom. The van der Waals surface area contributed by atoms with E-state index in [4.69, 9.17) is 9.47 Å². The number of hydrogen-bond donors (Lipinski definition) is 0. The van der Waals surface area contributed by atoms with Gasteiger partial charge in [0.1, 0.15) is 0 Å².